The Labute approximate surface area is 135 Å². The summed E-state index contributed by atoms with van der Waals surface area (Å²) < 4.78 is 42.2. The summed E-state index contributed by atoms with van der Waals surface area (Å²) in [5.41, 5.74) is 0.249. The normalized spacial score (nSPS) is 17.5. The van der Waals surface area contributed by atoms with E-state index in [1.807, 2.05) is 6.07 Å². The quantitative estimate of drug-likeness (QED) is 0.873. The molecule has 0 bridgehead atoms. The molecule has 0 aromatic heterocycles. The number of rotatable bonds is 5. The number of amides is 2. The number of nitrogens with zero attached hydrogens (tertiary/aromatic N) is 2. The molecule has 2 rings (SSSR count). The zero-order valence-electron chi connectivity index (χ0n) is 12.5. The molecule has 2 amide bonds. The van der Waals surface area contributed by atoms with E-state index in [2.05, 4.69) is 5.32 Å². The first-order chi connectivity index (χ1) is 11.3. The van der Waals surface area contributed by atoms with Gasteiger partial charge in [0.05, 0.1) is 5.56 Å². The Morgan fingerprint density at radius 3 is 2.79 bits per heavy atom. The van der Waals surface area contributed by atoms with Gasteiger partial charge in [-0.1, -0.05) is 12.1 Å². The van der Waals surface area contributed by atoms with Crippen molar-refractivity contribution in [3.8, 4) is 11.8 Å². The maximum Gasteiger partial charge on any atom is 0.406 e. The highest BCUT2D eigenvalue weighted by Gasteiger charge is 2.39. The number of alkyl halides is 3. The third kappa shape index (κ3) is 4.62. The summed E-state index contributed by atoms with van der Waals surface area (Å²) in [6, 6.07) is 7.21. The molecule has 0 saturated carbocycles. The van der Waals surface area contributed by atoms with E-state index in [9.17, 15) is 22.8 Å². The van der Waals surface area contributed by atoms with E-state index < -0.39 is 37.2 Å². The smallest absolute Gasteiger partial charge is 0.406 e. The summed E-state index contributed by atoms with van der Waals surface area (Å²) in [5, 5.41) is 11.2. The van der Waals surface area contributed by atoms with Crippen molar-refractivity contribution in [1.29, 1.82) is 5.26 Å². The second-order valence-electron chi connectivity index (χ2n) is 5.18. The van der Waals surface area contributed by atoms with E-state index >= 15 is 0 Å². The fraction of sp³-hybridized carbons (Fsp3) is 0.400. The van der Waals surface area contributed by atoms with Crippen molar-refractivity contribution < 1.29 is 27.5 Å². The van der Waals surface area contributed by atoms with Crippen LogP contribution in [0.2, 0.25) is 0 Å². The van der Waals surface area contributed by atoms with Crippen molar-refractivity contribution >= 4 is 11.8 Å². The van der Waals surface area contributed by atoms with E-state index in [0.717, 1.165) is 0 Å². The minimum atomic E-state index is -4.47. The second-order valence-corrected chi connectivity index (χ2v) is 5.18. The molecule has 0 unspecified atom stereocenters. The minimum Gasteiger partial charge on any atom is -0.482 e. The summed E-state index contributed by atoms with van der Waals surface area (Å²) in [6.45, 7) is -1.84. The predicted molar refractivity (Wildman–Crippen MR) is 75.8 cm³/mol. The Morgan fingerprint density at radius 2 is 2.12 bits per heavy atom. The standard InChI is InChI=1S/C15H14F3N3O3/c16-15(17,18)9-21-6-5-11(14(21)23)20-13(22)8-24-12-4-2-1-3-10(12)7-19/h1-4,11H,5-6,8-9H2,(H,20,22)/t11-/m1/s1. The highest BCUT2D eigenvalue weighted by molar-refractivity contribution is 5.89. The molecule has 1 aromatic rings. The number of carbonyl (C=O) groups excluding carboxylic acids is 2. The molecule has 1 aromatic carbocycles. The van der Waals surface area contributed by atoms with Gasteiger partial charge in [0.15, 0.2) is 6.61 Å². The van der Waals surface area contributed by atoms with Gasteiger partial charge in [0, 0.05) is 6.54 Å². The van der Waals surface area contributed by atoms with Gasteiger partial charge in [-0.15, -0.1) is 0 Å². The molecule has 9 heteroatoms. The van der Waals surface area contributed by atoms with Crippen molar-refractivity contribution in [3.05, 3.63) is 29.8 Å². The van der Waals surface area contributed by atoms with Crippen molar-refractivity contribution in [2.24, 2.45) is 0 Å². The highest BCUT2D eigenvalue weighted by Crippen LogP contribution is 2.21. The molecule has 1 N–H and O–H groups in total. The van der Waals surface area contributed by atoms with E-state index in [0.29, 0.717) is 4.90 Å². The molecule has 1 fully saturated rings. The first-order valence-electron chi connectivity index (χ1n) is 7.07. The van der Waals surface area contributed by atoms with Crippen molar-refractivity contribution in [2.75, 3.05) is 19.7 Å². The predicted octanol–water partition coefficient (Wildman–Crippen LogP) is 1.22. The van der Waals surface area contributed by atoms with Crippen molar-refractivity contribution in [1.82, 2.24) is 10.2 Å². The van der Waals surface area contributed by atoms with Gasteiger partial charge in [-0.2, -0.15) is 18.4 Å². The van der Waals surface area contributed by atoms with E-state index in [1.165, 1.54) is 12.1 Å². The van der Waals surface area contributed by atoms with E-state index in [4.69, 9.17) is 10.00 Å². The monoisotopic (exact) mass is 341 g/mol. The lowest BCUT2D eigenvalue weighted by Crippen LogP contribution is -2.45. The van der Waals surface area contributed by atoms with Gasteiger partial charge in [0.25, 0.3) is 5.91 Å². The average molecular weight is 341 g/mol. The highest BCUT2D eigenvalue weighted by atomic mass is 19.4. The summed E-state index contributed by atoms with van der Waals surface area (Å²) in [6.07, 6.45) is -4.37. The van der Waals surface area contributed by atoms with Crippen molar-refractivity contribution in [3.63, 3.8) is 0 Å². The lowest BCUT2D eigenvalue weighted by atomic mass is 10.2. The molecule has 128 valence electrons. The van der Waals surface area contributed by atoms with Gasteiger partial charge in [-0.25, -0.2) is 0 Å². The maximum atomic E-state index is 12.3. The second kappa shape index (κ2) is 7.21. The van der Waals surface area contributed by atoms with Crippen LogP contribution in [0.4, 0.5) is 13.2 Å². The summed E-state index contributed by atoms with van der Waals surface area (Å²) in [7, 11) is 0. The maximum absolute atomic E-state index is 12.3. The van der Waals surface area contributed by atoms with Crippen LogP contribution in [-0.4, -0.2) is 48.6 Å². The summed E-state index contributed by atoms with van der Waals surface area (Å²) in [5.74, 6) is -1.19. The van der Waals surface area contributed by atoms with Gasteiger partial charge in [-0.05, 0) is 18.6 Å². The third-order valence-electron chi connectivity index (χ3n) is 3.37. The topological polar surface area (TPSA) is 82.4 Å². The number of likely N-dealkylation sites (tertiary alicyclic amines) is 1. The molecule has 1 heterocycles. The summed E-state index contributed by atoms with van der Waals surface area (Å²) in [4.78, 5) is 24.3. The van der Waals surface area contributed by atoms with E-state index in [1.54, 1.807) is 12.1 Å². The van der Waals surface area contributed by atoms with Crippen LogP contribution >= 0.6 is 0 Å². The molecule has 0 radical (unpaired) electrons. The van der Waals surface area contributed by atoms with Crippen LogP contribution in [-0.2, 0) is 9.59 Å². The summed E-state index contributed by atoms with van der Waals surface area (Å²) >= 11 is 0. The van der Waals surface area contributed by atoms with Crippen molar-refractivity contribution in [2.45, 2.75) is 18.6 Å². The number of benzene rings is 1. The fourth-order valence-corrected chi connectivity index (χ4v) is 2.31. The largest absolute Gasteiger partial charge is 0.482 e. The molecular formula is C15H14F3N3O3. The lowest BCUT2D eigenvalue weighted by Gasteiger charge is -2.18. The zero-order valence-corrected chi connectivity index (χ0v) is 12.5. The number of hydrogen-bond donors (Lipinski definition) is 1. The minimum absolute atomic E-state index is 0.0680. The number of ether oxygens (including phenoxy) is 1. The first kappa shape index (κ1) is 17.6. The van der Waals surface area contributed by atoms with Crippen LogP contribution in [0.1, 0.15) is 12.0 Å². The Hall–Kier alpha value is -2.76. The van der Waals surface area contributed by atoms with Gasteiger partial charge in [0.2, 0.25) is 5.91 Å². The van der Waals surface area contributed by atoms with Crippen LogP contribution in [0.25, 0.3) is 0 Å². The Bertz CT molecular complexity index is 670. The molecule has 0 spiro atoms. The van der Waals surface area contributed by atoms with Crippen LogP contribution in [0.3, 0.4) is 0 Å². The number of nitrogens with one attached hydrogen (secondary N) is 1. The molecule has 1 atom stereocenters. The number of hydrogen-bond acceptors (Lipinski definition) is 4. The molecule has 1 saturated heterocycles. The molecule has 24 heavy (non-hydrogen) atoms. The molecular weight excluding hydrogens is 327 g/mol. The van der Waals surface area contributed by atoms with Gasteiger partial charge in [0.1, 0.15) is 24.4 Å². The number of halogens is 3. The number of nitriles is 1. The molecule has 0 aliphatic carbocycles. The van der Waals surface area contributed by atoms with Crippen LogP contribution in [0, 0.1) is 11.3 Å². The van der Waals surface area contributed by atoms with Crippen LogP contribution in [0.15, 0.2) is 24.3 Å². The molecule has 6 nitrogen and oxygen atoms in total. The van der Waals surface area contributed by atoms with Gasteiger partial charge in [-0.3, -0.25) is 9.59 Å². The first-order valence-corrected chi connectivity index (χ1v) is 7.07. The number of carbonyl (C=O) groups is 2. The van der Waals surface area contributed by atoms with Crippen LogP contribution < -0.4 is 10.1 Å². The molecule has 1 aliphatic heterocycles. The third-order valence-corrected chi connectivity index (χ3v) is 3.37. The zero-order chi connectivity index (χ0) is 17.7. The van der Waals surface area contributed by atoms with Gasteiger partial charge >= 0.3 is 6.18 Å². The average Bonchev–Trinajstić information content (AvgIpc) is 2.84. The number of para-hydroxylation sites is 1. The van der Waals surface area contributed by atoms with Gasteiger partial charge < -0.3 is 15.0 Å². The molecule has 1 aliphatic rings. The van der Waals surface area contributed by atoms with Crippen LogP contribution in [0.5, 0.6) is 5.75 Å². The fourth-order valence-electron chi connectivity index (χ4n) is 2.31. The SMILES string of the molecule is N#Cc1ccccc1OCC(=O)N[C@@H]1CCN(CC(F)(F)F)C1=O. The lowest BCUT2D eigenvalue weighted by molar-refractivity contribution is -0.158. The Morgan fingerprint density at radius 1 is 1.42 bits per heavy atom. The Kier molecular flexibility index (Phi) is 5.28. The van der Waals surface area contributed by atoms with E-state index in [-0.39, 0.29) is 24.3 Å². The Balaban J connectivity index is 1.85.